The zero-order chi connectivity index (χ0) is 30.6. The number of ether oxygens (including phenoxy) is 6. The summed E-state index contributed by atoms with van der Waals surface area (Å²) in [5.74, 6) is 2.28. The Morgan fingerprint density at radius 3 is 0.833 bits per heavy atom. The van der Waals surface area contributed by atoms with E-state index < -0.39 is 0 Å². The number of epoxide rings is 3. The molecule has 0 aromatic rings. The highest BCUT2D eigenvalue weighted by Gasteiger charge is 2.29. The van der Waals surface area contributed by atoms with Gasteiger partial charge >= 0.3 is 0 Å². The van der Waals surface area contributed by atoms with Crippen molar-refractivity contribution in [1.29, 1.82) is 0 Å². The molecule has 3 aliphatic carbocycles. The first kappa shape index (κ1) is 37.9. The first-order valence-electron chi connectivity index (χ1n) is 18.1. The van der Waals surface area contributed by atoms with Crippen LogP contribution in [0.3, 0.4) is 0 Å². The second kappa shape index (κ2) is 23.1. The fourth-order valence-corrected chi connectivity index (χ4v) is 5.78. The van der Waals surface area contributed by atoms with Gasteiger partial charge in [-0.05, 0) is 56.3 Å². The van der Waals surface area contributed by atoms with Crippen LogP contribution >= 0.6 is 0 Å². The molecule has 250 valence electrons. The summed E-state index contributed by atoms with van der Waals surface area (Å²) in [6.45, 7) is 20.6. The van der Waals surface area contributed by atoms with E-state index in [9.17, 15) is 0 Å². The smallest absolute Gasteiger partial charge is 0.104 e. The molecule has 0 N–H and O–H groups in total. The van der Waals surface area contributed by atoms with E-state index in [0.717, 1.165) is 57.4 Å². The number of hydrogen-bond acceptors (Lipinski definition) is 6. The van der Waals surface area contributed by atoms with Crippen LogP contribution in [0.4, 0.5) is 0 Å². The van der Waals surface area contributed by atoms with E-state index in [1.54, 1.807) is 0 Å². The fraction of sp³-hybridized carbons (Fsp3) is 1.00. The summed E-state index contributed by atoms with van der Waals surface area (Å²) >= 11 is 0. The molecule has 0 spiro atoms. The van der Waals surface area contributed by atoms with Crippen molar-refractivity contribution in [3.8, 4) is 0 Å². The van der Waals surface area contributed by atoms with Crippen LogP contribution in [0, 0.1) is 17.8 Å². The summed E-state index contributed by atoms with van der Waals surface area (Å²) in [6, 6.07) is 0. The lowest BCUT2D eigenvalue weighted by Crippen LogP contribution is -2.26. The average molecular weight is 599 g/mol. The lowest BCUT2D eigenvalue weighted by atomic mass is 9.88. The van der Waals surface area contributed by atoms with Gasteiger partial charge in [-0.3, -0.25) is 0 Å². The van der Waals surface area contributed by atoms with Crippen molar-refractivity contribution in [2.45, 2.75) is 175 Å². The Balaban J connectivity index is 0.000000201. The molecule has 0 aromatic heterocycles. The molecule has 6 nitrogen and oxygen atoms in total. The lowest BCUT2D eigenvalue weighted by Gasteiger charge is -2.28. The first-order valence-corrected chi connectivity index (χ1v) is 18.1. The Labute approximate surface area is 260 Å². The summed E-state index contributed by atoms with van der Waals surface area (Å²) in [6.07, 6.45) is 21.4. The normalized spacial score (nSPS) is 36.2. The van der Waals surface area contributed by atoms with Gasteiger partial charge in [-0.1, -0.05) is 99.8 Å². The molecule has 3 saturated heterocycles. The molecule has 9 unspecified atom stereocenters. The van der Waals surface area contributed by atoms with Gasteiger partial charge < -0.3 is 28.4 Å². The van der Waals surface area contributed by atoms with Crippen molar-refractivity contribution in [2.24, 2.45) is 17.8 Å². The monoisotopic (exact) mass is 599 g/mol. The molecule has 6 fully saturated rings. The minimum atomic E-state index is 0.430. The van der Waals surface area contributed by atoms with Gasteiger partial charge in [0, 0.05) is 0 Å². The van der Waals surface area contributed by atoms with Gasteiger partial charge in [-0.25, -0.2) is 0 Å². The van der Waals surface area contributed by atoms with Gasteiger partial charge in [-0.15, -0.1) is 0 Å². The molecule has 0 radical (unpaired) electrons. The minimum absolute atomic E-state index is 0.430. The van der Waals surface area contributed by atoms with Gasteiger partial charge in [0.15, 0.2) is 0 Å². The van der Waals surface area contributed by atoms with Crippen molar-refractivity contribution < 1.29 is 28.4 Å². The van der Waals surface area contributed by atoms with E-state index in [-0.39, 0.29) is 0 Å². The largest absolute Gasteiger partial charge is 0.375 e. The lowest BCUT2D eigenvalue weighted by molar-refractivity contribution is -0.0115. The number of hydrogen-bond donors (Lipinski definition) is 0. The highest BCUT2D eigenvalue weighted by molar-refractivity contribution is 4.77. The molecule has 42 heavy (non-hydrogen) atoms. The summed E-state index contributed by atoms with van der Waals surface area (Å²) in [5.41, 5.74) is 0. The van der Waals surface area contributed by atoms with Crippen LogP contribution < -0.4 is 0 Å². The van der Waals surface area contributed by atoms with Gasteiger partial charge in [0.2, 0.25) is 0 Å². The Morgan fingerprint density at radius 2 is 0.643 bits per heavy atom. The van der Waals surface area contributed by atoms with Crippen LogP contribution in [0.15, 0.2) is 0 Å². The van der Waals surface area contributed by atoms with Crippen LogP contribution in [-0.2, 0) is 28.4 Å². The third kappa shape index (κ3) is 18.5. The van der Waals surface area contributed by atoms with Crippen LogP contribution in [0.1, 0.15) is 138 Å². The van der Waals surface area contributed by atoms with Crippen molar-refractivity contribution in [2.75, 3.05) is 39.6 Å². The van der Waals surface area contributed by atoms with Gasteiger partial charge in [0.1, 0.15) is 18.3 Å². The molecule has 3 aliphatic heterocycles. The third-order valence-electron chi connectivity index (χ3n) is 8.79. The molecular formula is C36H70O6. The predicted octanol–water partition coefficient (Wildman–Crippen LogP) is 8.77. The van der Waals surface area contributed by atoms with E-state index in [1.807, 2.05) is 0 Å². The molecule has 0 bridgehead atoms. The fourth-order valence-electron chi connectivity index (χ4n) is 5.78. The van der Waals surface area contributed by atoms with Gasteiger partial charge in [0.05, 0.1) is 58.0 Å². The summed E-state index contributed by atoms with van der Waals surface area (Å²) in [4.78, 5) is 0. The molecule has 9 atom stereocenters. The maximum atomic E-state index is 5.79. The Morgan fingerprint density at radius 1 is 0.429 bits per heavy atom. The predicted molar refractivity (Wildman–Crippen MR) is 173 cm³/mol. The van der Waals surface area contributed by atoms with E-state index in [1.165, 1.54) is 89.9 Å². The van der Waals surface area contributed by atoms with E-state index in [2.05, 4.69) is 48.5 Å². The maximum Gasteiger partial charge on any atom is 0.104 e. The van der Waals surface area contributed by atoms with Crippen molar-refractivity contribution in [1.82, 2.24) is 0 Å². The summed E-state index contributed by atoms with van der Waals surface area (Å²) in [7, 11) is 0. The zero-order valence-corrected chi connectivity index (χ0v) is 28.8. The maximum absolute atomic E-state index is 5.79. The molecule has 6 heteroatoms. The minimum Gasteiger partial charge on any atom is -0.375 e. The van der Waals surface area contributed by atoms with Crippen molar-refractivity contribution in [3.63, 3.8) is 0 Å². The van der Waals surface area contributed by atoms with E-state index in [4.69, 9.17) is 28.4 Å². The van der Waals surface area contributed by atoms with Crippen molar-refractivity contribution >= 4 is 0 Å². The van der Waals surface area contributed by atoms with Crippen molar-refractivity contribution in [3.05, 3.63) is 0 Å². The average Bonchev–Trinajstić information content (AvgIpc) is 3.82. The third-order valence-corrected chi connectivity index (χ3v) is 8.79. The topological polar surface area (TPSA) is 65.3 Å². The first-order chi connectivity index (χ1) is 20.4. The second-order valence-electron chi connectivity index (χ2n) is 13.7. The van der Waals surface area contributed by atoms with Gasteiger partial charge in [0.25, 0.3) is 0 Å². The van der Waals surface area contributed by atoms with Crippen LogP contribution in [0.25, 0.3) is 0 Å². The van der Waals surface area contributed by atoms with E-state index >= 15 is 0 Å². The van der Waals surface area contributed by atoms with Gasteiger partial charge in [-0.2, -0.15) is 0 Å². The van der Waals surface area contributed by atoms with Crippen LogP contribution in [0.2, 0.25) is 0 Å². The molecule has 6 aliphatic rings. The highest BCUT2D eigenvalue weighted by atomic mass is 16.6. The molecular weight excluding hydrogens is 528 g/mol. The zero-order valence-electron chi connectivity index (χ0n) is 28.8. The second-order valence-corrected chi connectivity index (χ2v) is 13.7. The van der Waals surface area contributed by atoms with Crippen LogP contribution in [-0.4, -0.2) is 76.3 Å². The molecule has 3 heterocycles. The molecule has 0 amide bonds. The van der Waals surface area contributed by atoms with Crippen LogP contribution in [0.5, 0.6) is 0 Å². The highest BCUT2D eigenvalue weighted by Crippen LogP contribution is 2.29. The molecule has 0 aromatic carbocycles. The Bertz CT molecular complexity index is 537. The van der Waals surface area contributed by atoms with E-state index in [0.29, 0.717) is 36.6 Å². The molecule has 3 saturated carbocycles. The quantitative estimate of drug-likeness (QED) is 0.247. The summed E-state index contributed by atoms with van der Waals surface area (Å²) < 4.78 is 32.7. The number of rotatable bonds is 9. The SMILES string of the molecule is CC1CCCCC1OCC1CO1.CC1CCCCC1OCC1CO1.CC1CCCCC1OCC1CO1.CCC.CCC. The molecule has 6 rings (SSSR count). The standard InChI is InChI=1S/3C10H18O2.2C3H8/c3*1-8-4-2-3-5-10(8)12-7-9-6-11-9;2*1-3-2/h3*8-10H,2-7H2,1H3;2*3H2,1-2H3. The Kier molecular flexibility index (Phi) is 20.9. The Hall–Kier alpha value is -0.240. The summed E-state index contributed by atoms with van der Waals surface area (Å²) in [5, 5.41) is 0.